The maximum atomic E-state index is 5.42. The molecule has 23 heavy (non-hydrogen) atoms. The van der Waals surface area contributed by atoms with Gasteiger partial charge in [0, 0.05) is 36.5 Å². The van der Waals surface area contributed by atoms with E-state index < -0.39 is 0 Å². The van der Waals surface area contributed by atoms with Crippen molar-refractivity contribution in [2.45, 2.75) is 6.54 Å². The lowest BCUT2D eigenvalue weighted by Crippen LogP contribution is -2.76. The van der Waals surface area contributed by atoms with Gasteiger partial charge in [-0.25, -0.2) is 0 Å². The number of rotatable bonds is 4. The lowest BCUT2D eigenvalue weighted by atomic mass is 10.2. The van der Waals surface area contributed by atoms with Crippen molar-refractivity contribution in [2.24, 2.45) is 0 Å². The molecule has 0 unspecified atom stereocenters. The minimum atomic E-state index is 0.325. The van der Waals surface area contributed by atoms with Crippen LogP contribution in [0, 0.1) is 0 Å². The minimum absolute atomic E-state index is 0.325. The van der Waals surface area contributed by atoms with Gasteiger partial charge in [0.1, 0.15) is 12.2 Å². The van der Waals surface area contributed by atoms with E-state index in [0.717, 1.165) is 44.3 Å². The first-order chi connectivity index (χ1) is 11.4. The van der Waals surface area contributed by atoms with Crippen LogP contribution in [0.15, 0.2) is 42.5 Å². The van der Waals surface area contributed by atoms with Gasteiger partial charge < -0.3 is 24.4 Å². The van der Waals surface area contributed by atoms with E-state index in [1.165, 1.54) is 16.9 Å². The summed E-state index contributed by atoms with van der Waals surface area (Å²) in [6.07, 6.45) is 0. The van der Waals surface area contributed by atoms with Crippen LogP contribution in [0.5, 0.6) is 11.5 Å². The fraction of sp³-hybridized carbons (Fsp3) is 0.333. The molecule has 2 aliphatic heterocycles. The van der Waals surface area contributed by atoms with Crippen LogP contribution in [-0.2, 0) is 11.3 Å². The Morgan fingerprint density at radius 3 is 2.52 bits per heavy atom. The summed E-state index contributed by atoms with van der Waals surface area (Å²) in [4.78, 5) is 2.37. The van der Waals surface area contributed by atoms with Gasteiger partial charge >= 0.3 is 0 Å². The van der Waals surface area contributed by atoms with Gasteiger partial charge in [0.05, 0.1) is 13.2 Å². The Morgan fingerprint density at radius 1 is 0.913 bits per heavy atom. The molecular weight excluding hydrogens is 292 g/mol. The van der Waals surface area contributed by atoms with E-state index in [9.17, 15) is 0 Å². The summed E-state index contributed by atoms with van der Waals surface area (Å²) in [5.41, 5.74) is 3.74. The zero-order valence-electron chi connectivity index (χ0n) is 13.0. The van der Waals surface area contributed by atoms with E-state index in [0.29, 0.717) is 6.79 Å². The first-order valence-electron chi connectivity index (χ1n) is 8.03. The highest BCUT2D eigenvalue weighted by Gasteiger charge is 2.14. The molecule has 5 nitrogen and oxygen atoms in total. The fourth-order valence-corrected chi connectivity index (χ4v) is 2.95. The molecule has 0 bridgehead atoms. The van der Waals surface area contributed by atoms with Crippen LogP contribution in [0.1, 0.15) is 5.56 Å². The van der Waals surface area contributed by atoms with Crippen molar-refractivity contribution in [1.29, 1.82) is 0 Å². The lowest BCUT2D eigenvalue weighted by molar-refractivity contribution is -0.588. The Bertz CT molecular complexity index is 666. The minimum Gasteiger partial charge on any atom is -0.454 e. The Balaban J connectivity index is 1.37. The van der Waals surface area contributed by atoms with Crippen LogP contribution >= 0.6 is 0 Å². The van der Waals surface area contributed by atoms with Gasteiger partial charge in [0.25, 0.3) is 0 Å². The predicted molar refractivity (Wildman–Crippen MR) is 87.3 cm³/mol. The number of ether oxygens (including phenoxy) is 3. The number of morpholine rings is 1. The number of hydrogen-bond acceptors (Lipinski definition) is 4. The van der Waals surface area contributed by atoms with Crippen LogP contribution in [0.25, 0.3) is 0 Å². The van der Waals surface area contributed by atoms with Crippen molar-refractivity contribution in [1.82, 2.24) is 0 Å². The topological polar surface area (TPSA) is 47.5 Å². The van der Waals surface area contributed by atoms with Crippen LogP contribution in [-0.4, -0.2) is 33.1 Å². The Labute approximate surface area is 135 Å². The number of anilines is 1. The maximum Gasteiger partial charge on any atom is 0.231 e. The molecule has 2 heterocycles. The van der Waals surface area contributed by atoms with E-state index in [2.05, 4.69) is 46.6 Å². The largest absolute Gasteiger partial charge is 0.454 e. The molecule has 0 atom stereocenters. The van der Waals surface area contributed by atoms with Crippen molar-refractivity contribution >= 4 is 11.4 Å². The highest BCUT2D eigenvalue weighted by atomic mass is 16.7. The highest BCUT2D eigenvalue weighted by molar-refractivity contribution is 5.51. The summed E-state index contributed by atoms with van der Waals surface area (Å²) in [6, 6.07) is 14.9. The second kappa shape index (κ2) is 6.48. The molecule has 1 saturated heterocycles. The molecule has 5 heteroatoms. The molecule has 0 radical (unpaired) electrons. The fourth-order valence-electron chi connectivity index (χ4n) is 2.95. The zero-order chi connectivity index (χ0) is 15.5. The number of quaternary nitrogens is 1. The van der Waals surface area contributed by atoms with Gasteiger partial charge in [-0.15, -0.1) is 0 Å². The second-order valence-electron chi connectivity index (χ2n) is 5.79. The van der Waals surface area contributed by atoms with Crippen molar-refractivity contribution in [3.05, 3.63) is 48.0 Å². The predicted octanol–water partition coefficient (Wildman–Crippen LogP) is 1.65. The number of fused-ring (bicyclic) bond motifs is 1. The van der Waals surface area contributed by atoms with Crippen molar-refractivity contribution in [3.8, 4) is 11.5 Å². The maximum absolute atomic E-state index is 5.42. The van der Waals surface area contributed by atoms with E-state index in [-0.39, 0.29) is 0 Å². The monoisotopic (exact) mass is 313 g/mol. The molecule has 0 aliphatic carbocycles. The van der Waals surface area contributed by atoms with Crippen molar-refractivity contribution in [2.75, 3.05) is 38.0 Å². The van der Waals surface area contributed by atoms with Gasteiger partial charge in [-0.3, -0.25) is 0 Å². The summed E-state index contributed by atoms with van der Waals surface area (Å²) in [7, 11) is 0. The number of benzene rings is 2. The van der Waals surface area contributed by atoms with Crippen LogP contribution in [0.2, 0.25) is 0 Å². The molecule has 1 fully saturated rings. The third-order valence-corrected chi connectivity index (χ3v) is 4.28. The lowest BCUT2D eigenvalue weighted by Gasteiger charge is -2.28. The third-order valence-electron chi connectivity index (χ3n) is 4.28. The second-order valence-corrected chi connectivity index (χ2v) is 5.79. The first kappa shape index (κ1) is 14.4. The number of nitrogens with two attached hydrogens (primary N) is 1. The molecule has 0 aromatic heterocycles. The average molecular weight is 313 g/mol. The Morgan fingerprint density at radius 2 is 1.70 bits per heavy atom. The highest BCUT2D eigenvalue weighted by Crippen LogP contribution is 2.32. The molecule has 2 aromatic carbocycles. The average Bonchev–Trinajstić information content (AvgIpc) is 3.09. The van der Waals surface area contributed by atoms with E-state index in [1.54, 1.807) is 0 Å². The molecule has 2 aromatic rings. The summed E-state index contributed by atoms with van der Waals surface area (Å²) >= 11 is 0. The van der Waals surface area contributed by atoms with Crippen molar-refractivity contribution in [3.63, 3.8) is 0 Å². The van der Waals surface area contributed by atoms with Crippen LogP contribution in [0.4, 0.5) is 11.4 Å². The Hall–Kier alpha value is -2.24. The quantitative estimate of drug-likeness (QED) is 0.872. The summed E-state index contributed by atoms with van der Waals surface area (Å²) < 4.78 is 16.2. The molecule has 4 rings (SSSR count). The number of hydrogen-bond donors (Lipinski definition) is 1. The zero-order valence-corrected chi connectivity index (χ0v) is 13.0. The van der Waals surface area contributed by atoms with Crippen LogP contribution < -0.4 is 19.7 Å². The molecule has 0 amide bonds. The summed E-state index contributed by atoms with van der Waals surface area (Å²) in [5.74, 6) is 1.68. The molecule has 0 saturated carbocycles. The third kappa shape index (κ3) is 3.25. The van der Waals surface area contributed by atoms with E-state index in [4.69, 9.17) is 14.2 Å². The van der Waals surface area contributed by atoms with Gasteiger partial charge in [-0.05, 0) is 30.3 Å². The van der Waals surface area contributed by atoms with E-state index >= 15 is 0 Å². The summed E-state index contributed by atoms with van der Waals surface area (Å²) in [5, 5.41) is 2.24. The Kier molecular flexibility index (Phi) is 4.05. The standard InChI is InChI=1S/C18H20N2O3/c1-6-17-18(23-13-22-17)11-14(1)12-19-15-2-4-16(5-3-15)20-7-9-21-10-8-20/h1-6,11,19H,7-10,12-13H2/p+1. The molecule has 2 aliphatic rings. The molecule has 2 N–H and O–H groups in total. The SMILES string of the molecule is c1cc2c(cc1C[NH2+]c1ccc(N3CCOCC3)cc1)OCO2. The van der Waals surface area contributed by atoms with E-state index in [1.807, 2.05) is 6.07 Å². The smallest absolute Gasteiger partial charge is 0.231 e. The normalized spacial score (nSPS) is 16.6. The van der Waals surface area contributed by atoms with Gasteiger partial charge in [-0.1, -0.05) is 0 Å². The molecular formula is C18H21N2O3+. The van der Waals surface area contributed by atoms with Gasteiger partial charge in [0.15, 0.2) is 11.5 Å². The molecule has 120 valence electrons. The first-order valence-corrected chi connectivity index (χ1v) is 8.03. The van der Waals surface area contributed by atoms with Crippen molar-refractivity contribution < 1.29 is 19.5 Å². The van der Waals surface area contributed by atoms with Crippen LogP contribution in [0.3, 0.4) is 0 Å². The van der Waals surface area contributed by atoms with Gasteiger partial charge in [0.2, 0.25) is 6.79 Å². The molecule has 0 spiro atoms. The summed E-state index contributed by atoms with van der Waals surface area (Å²) in [6.45, 7) is 4.79. The number of nitrogens with zero attached hydrogens (tertiary/aromatic N) is 1. The van der Waals surface area contributed by atoms with Gasteiger partial charge in [-0.2, -0.15) is 0 Å².